The van der Waals surface area contributed by atoms with E-state index in [0.29, 0.717) is 12.8 Å². The van der Waals surface area contributed by atoms with Crippen LogP contribution in [0.4, 0.5) is 0 Å². The molecule has 0 spiro atoms. The van der Waals surface area contributed by atoms with Crippen LogP contribution in [-0.4, -0.2) is 74.3 Å². The second kappa shape index (κ2) is 8.56. The minimum absolute atomic E-state index is 0. The standard InChI is InChI=1S/C5H12O2.K.H/c1-5(7)3-2-4-6;;/h5-7H,2-4H2,1H3;;. The quantitative estimate of drug-likeness (QED) is 0.524. The van der Waals surface area contributed by atoms with Crippen molar-refractivity contribution < 1.29 is 10.2 Å². The van der Waals surface area contributed by atoms with Gasteiger partial charge in [-0.2, -0.15) is 0 Å². The van der Waals surface area contributed by atoms with Gasteiger partial charge >= 0.3 is 51.4 Å². The van der Waals surface area contributed by atoms with Gasteiger partial charge in [-0.15, -0.1) is 0 Å². The summed E-state index contributed by atoms with van der Waals surface area (Å²) in [5, 5.41) is 16.8. The van der Waals surface area contributed by atoms with Crippen LogP contribution in [0.25, 0.3) is 0 Å². The fourth-order valence-corrected chi connectivity index (χ4v) is 0.387. The molecule has 46 valence electrons. The minimum atomic E-state index is -0.257. The third-order valence-corrected chi connectivity index (χ3v) is 0.780. The van der Waals surface area contributed by atoms with E-state index in [4.69, 9.17) is 10.2 Å². The molecule has 0 aliphatic rings. The van der Waals surface area contributed by atoms with Crippen molar-refractivity contribution in [3.8, 4) is 0 Å². The average Bonchev–Trinajstić information content (AvgIpc) is 1.61. The van der Waals surface area contributed by atoms with Crippen molar-refractivity contribution in [1.29, 1.82) is 0 Å². The molecule has 2 nitrogen and oxygen atoms in total. The van der Waals surface area contributed by atoms with Crippen molar-refractivity contribution >= 4 is 51.4 Å². The monoisotopic (exact) mass is 144 g/mol. The summed E-state index contributed by atoms with van der Waals surface area (Å²) >= 11 is 0. The Morgan fingerprint density at radius 2 is 2.00 bits per heavy atom. The first-order valence-corrected chi connectivity index (χ1v) is 2.56. The van der Waals surface area contributed by atoms with E-state index in [9.17, 15) is 0 Å². The molecule has 0 aromatic rings. The van der Waals surface area contributed by atoms with Crippen LogP contribution >= 0.6 is 0 Å². The summed E-state index contributed by atoms with van der Waals surface area (Å²) in [5.41, 5.74) is 0. The van der Waals surface area contributed by atoms with Crippen molar-refractivity contribution in [3.05, 3.63) is 0 Å². The molecule has 0 radical (unpaired) electrons. The summed E-state index contributed by atoms with van der Waals surface area (Å²) in [7, 11) is 0. The van der Waals surface area contributed by atoms with Crippen LogP contribution in [0.3, 0.4) is 0 Å². The molecular formula is C5H13KO2. The summed E-state index contributed by atoms with van der Waals surface area (Å²) in [6, 6.07) is 0. The van der Waals surface area contributed by atoms with E-state index in [1.54, 1.807) is 6.92 Å². The van der Waals surface area contributed by atoms with Crippen molar-refractivity contribution in [2.24, 2.45) is 0 Å². The second-order valence-corrected chi connectivity index (χ2v) is 1.71. The zero-order valence-electron chi connectivity index (χ0n) is 4.59. The second-order valence-electron chi connectivity index (χ2n) is 1.71. The first-order chi connectivity index (χ1) is 3.27. The summed E-state index contributed by atoms with van der Waals surface area (Å²) in [5.74, 6) is 0. The van der Waals surface area contributed by atoms with Gasteiger partial charge in [-0.25, -0.2) is 0 Å². The van der Waals surface area contributed by atoms with Crippen LogP contribution in [0.15, 0.2) is 0 Å². The van der Waals surface area contributed by atoms with Gasteiger partial charge in [0.1, 0.15) is 0 Å². The van der Waals surface area contributed by atoms with Gasteiger partial charge in [-0.1, -0.05) is 0 Å². The van der Waals surface area contributed by atoms with E-state index in [0.717, 1.165) is 0 Å². The number of hydrogen-bond donors (Lipinski definition) is 2. The zero-order chi connectivity index (χ0) is 5.70. The van der Waals surface area contributed by atoms with Gasteiger partial charge in [-0.05, 0) is 19.8 Å². The van der Waals surface area contributed by atoms with Crippen molar-refractivity contribution in [1.82, 2.24) is 0 Å². The SMILES string of the molecule is CC(O)CCCO.[KH]. The number of hydrogen-bond acceptors (Lipinski definition) is 2. The first-order valence-electron chi connectivity index (χ1n) is 2.56. The van der Waals surface area contributed by atoms with E-state index in [1.807, 2.05) is 0 Å². The molecule has 0 fully saturated rings. The Morgan fingerprint density at radius 3 is 2.12 bits per heavy atom. The van der Waals surface area contributed by atoms with Gasteiger partial charge < -0.3 is 10.2 Å². The number of aliphatic hydroxyl groups excluding tert-OH is 2. The molecule has 1 unspecified atom stereocenters. The predicted molar refractivity (Wildman–Crippen MR) is 35.1 cm³/mol. The van der Waals surface area contributed by atoms with Crippen LogP contribution in [0.2, 0.25) is 0 Å². The molecule has 0 amide bonds. The summed E-state index contributed by atoms with van der Waals surface area (Å²) in [6.07, 6.45) is 1.15. The van der Waals surface area contributed by atoms with Crippen LogP contribution in [-0.2, 0) is 0 Å². The van der Waals surface area contributed by atoms with Crippen LogP contribution in [0.5, 0.6) is 0 Å². The van der Waals surface area contributed by atoms with E-state index < -0.39 is 0 Å². The van der Waals surface area contributed by atoms with Gasteiger partial charge in [0.15, 0.2) is 0 Å². The van der Waals surface area contributed by atoms with E-state index in [1.165, 1.54) is 0 Å². The van der Waals surface area contributed by atoms with Gasteiger partial charge in [0.25, 0.3) is 0 Å². The molecule has 0 bridgehead atoms. The molecule has 2 N–H and O–H groups in total. The van der Waals surface area contributed by atoms with E-state index in [2.05, 4.69) is 0 Å². The topological polar surface area (TPSA) is 40.5 Å². The zero-order valence-corrected chi connectivity index (χ0v) is 4.59. The van der Waals surface area contributed by atoms with Crippen LogP contribution in [0, 0.1) is 0 Å². The van der Waals surface area contributed by atoms with Crippen LogP contribution < -0.4 is 0 Å². The summed E-state index contributed by atoms with van der Waals surface area (Å²) in [4.78, 5) is 0. The fourth-order valence-electron chi connectivity index (χ4n) is 0.387. The molecule has 0 saturated carbocycles. The maximum absolute atomic E-state index is 8.57. The molecule has 8 heavy (non-hydrogen) atoms. The van der Waals surface area contributed by atoms with Gasteiger partial charge in [0.2, 0.25) is 0 Å². The molecular weight excluding hydrogens is 131 g/mol. The molecule has 0 rings (SSSR count). The molecule has 0 aromatic heterocycles. The van der Waals surface area contributed by atoms with E-state index >= 15 is 0 Å². The normalized spacial score (nSPS) is 12.4. The number of aliphatic hydroxyl groups is 2. The Morgan fingerprint density at radius 1 is 1.50 bits per heavy atom. The Kier molecular flexibility index (Phi) is 13.1. The average molecular weight is 144 g/mol. The predicted octanol–water partition coefficient (Wildman–Crippen LogP) is -0.509. The summed E-state index contributed by atoms with van der Waals surface area (Å²) in [6.45, 7) is 1.90. The van der Waals surface area contributed by atoms with Crippen LogP contribution in [0.1, 0.15) is 19.8 Å². The number of rotatable bonds is 3. The fraction of sp³-hybridized carbons (Fsp3) is 1.00. The molecule has 0 aliphatic heterocycles. The van der Waals surface area contributed by atoms with Gasteiger partial charge in [0.05, 0.1) is 6.10 Å². The van der Waals surface area contributed by atoms with E-state index in [-0.39, 0.29) is 64.1 Å². The Bertz CT molecular complexity index is 39.4. The summed E-state index contributed by atoms with van der Waals surface area (Å²) < 4.78 is 0. The third kappa shape index (κ3) is 10.5. The van der Waals surface area contributed by atoms with Crippen molar-refractivity contribution in [3.63, 3.8) is 0 Å². The molecule has 3 heteroatoms. The molecule has 0 aliphatic carbocycles. The molecule has 0 saturated heterocycles. The molecule has 0 heterocycles. The molecule has 1 atom stereocenters. The Balaban J connectivity index is 0. The van der Waals surface area contributed by atoms with Gasteiger partial charge in [-0.3, -0.25) is 0 Å². The third-order valence-electron chi connectivity index (χ3n) is 0.780. The Hall–Kier alpha value is 1.56. The van der Waals surface area contributed by atoms with Crippen molar-refractivity contribution in [2.75, 3.05) is 6.61 Å². The maximum atomic E-state index is 8.57. The molecule has 0 aromatic carbocycles. The van der Waals surface area contributed by atoms with Crippen molar-refractivity contribution in [2.45, 2.75) is 25.9 Å². The van der Waals surface area contributed by atoms with Gasteiger partial charge in [0, 0.05) is 6.61 Å². The Labute approximate surface area is 92.7 Å². The first kappa shape index (κ1) is 12.3.